The standard InChI is InChI=1S/C13H18N2O4S/c1-13(2,3)19-11(16)14-15(12(17)18)20-9-10-7-5-4-6-8-10/h4-8H,9H2,1-3H3,(H,14,16)(H,17,18). The molecular formula is C13H18N2O4S. The van der Waals surface area contributed by atoms with Crippen LogP contribution in [0.3, 0.4) is 0 Å². The average Bonchev–Trinajstić information content (AvgIpc) is 2.33. The van der Waals surface area contributed by atoms with Gasteiger partial charge in [-0.3, -0.25) is 0 Å². The number of rotatable bonds is 3. The number of carbonyl (C=O) groups excluding carboxylic acids is 1. The van der Waals surface area contributed by atoms with Gasteiger partial charge in [0.25, 0.3) is 0 Å². The summed E-state index contributed by atoms with van der Waals surface area (Å²) in [7, 11) is 0. The Kier molecular flexibility index (Phi) is 5.69. The van der Waals surface area contributed by atoms with Crippen LogP contribution in [0.2, 0.25) is 0 Å². The predicted molar refractivity (Wildman–Crippen MR) is 77.0 cm³/mol. The maximum Gasteiger partial charge on any atom is 0.437 e. The summed E-state index contributed by atoms with van der Waals surface area (Å²) in [5.74, 6) is 0.420. The van der Waals surface area contributed by atoms with Crippen LogP contribution in [0.5, 0.6) is 0 Å². The summed E-state index contributed by atoms with van der Waals surface area (Å²) in [5, 5.41) is 9.03. The van der Waals surface area contributed by atoms with Crippen molar-refractivity contribution < 1.29 is 19.4 Å². The first-order valence-electron chi connectivity index (χ1n) is 5.97. The lowest BCUT2D eigenvalue weighted by Gasteiger charge is -2.23. The van der Waals surface area contributed by atoms with Crippen molar-refractivity contribution in [2.24, 2.45) is 0 Å². The van der Waals surface area contributed by atoms with E-state index in [0.29, 0.717) is 5.75 Å². The Bertz CT molecular complexity index is 459. The molecule has 0 unspecified atom stereocenters. The molecule has 0 heterocycles. The first-order chi connectivity index (χ1) is 9.28. The SMILES string of the molecule is CC(C)(C)OC(=O)NN(SCc1ccccc1)C(=O)O. The molecule has 2 amide bonds. The molecule has 0 aliphatic rings. The summed E-state index contributed by atoms with van der Waals surface area (Å²) >= 11 is 0.959. The molecule has 1 aromatic carbocycles. The van der Waals surface area contributed by atoms with E-state index in [1.54, 1.807) is 20.8 Å². The highest BCUT2D eigenvalue weighted by Gasteiger charge is 2.21. The van der Waals surface area contributed by atoms with Gasteiger partial charge in [-0.25, -0.2) is 15.0 Å². The number of hydrogen-bond acceptors (Lipinski definition) is 4. The fraction of sp³-hybridized carbons (Fsp3) is 0.385. The molecule has 6 nitrogen and oxygen atoms in total. The van der Waals surface area contributed by atoms with Crippen molar-refractivity contribution >= 4 is 24.1 Å². The van der Waals surface area contributed by atoms with Crippen LogP contribution in [-0.2, 0) is 10.5 Å². The molecule has 0 fully saturated rings. The van der Waals surface area contributed by atoms with Gasteiger partial charge in [-0.15, -0.1) is 0 Å². The Balaban J connectivity index is 2.53. The summed E-state index contributed by atoms with van der Waals surface area (Å²) in [4.78, 5) is 22.6. The second-order valence-corrected chi connectivity index (χ2v) is 5.86. The van der Waals surface area contributed by atoms with Crippen molar-refractivity contribution in [3.63, 3.8) is 0 Å². The van der Waals surface area contributed by atoms with Crippen LogP contribution in [0.4, 0.5) is 9.59 Å². The molecule has 0 radical (unpaired) electrons. The smallest absolute Gasteiger partial charge is 0.437 e. The number of benzene rings is 1. The van der Waals surface area contributed by atoms with Gasteiger partial charge in [0.1, 0.15) is 5.60 Å². The number of hydrogen-bond donors (Lipinski definition) is 2. The van der Waals surface area contributed by atoms with Gasteiger partial charge >= 0.3 is 12.2 Å². The molecular weight excluding hydrogens is 280 g/mol. The number of carbonyl (C=O) groups is 2. The quantitative estimate of drug-likeness (QED) is 0.661. The Morgan fingerprint density at radius 3 is 2.40 bits per heavy atom. The van der Waals surface area contributed by atoms with Gasteiger partial charge in [0.2, 0.25) is 0 Å². The van der Waals surface area contributed by atoms with E-state index >= 15 is 0 Å². The zero-order valence-electron chi connectivity index (χ0n) is 11.6. The lowest BCUT2D eigenvalue weighted by molar-refractivity contribution is 0.0434. The third kappa shape index (κ3) is 6.33. The van der Waals surface area contributed by atoms with E-state index in [-0.39, 0.29) is 0 Å². The van der Waals surface area contributed by atoms with Gasteiger partial charge in [0.15, 0.2) is 0 Å². The minimum atomic E-state index is -1.27. The zero-order valence-corrected chi connectivity index (χ0v) is 12.4. The Morgan fingerprint density at radius 2 is 1.90 bits per heavy atom. The monoisotopic (exact) mass is 298 g/mol. The van der Waals surface area contributed by atoms with Gasteiger partial charge in [0, 0.05) is 5.75 Å². The van der Waals surface area contributed by atoms with Crippen molar-refractivity contribution in [2.45, 2.75) is 32.1 Å². The molecule has 2 N–H and O–H groups in total. The summed E-state index contributed by atoms with van der Waals surface area (Å²) in [6.07, 6.45) is -2.07. The largest absolute Gasteiger partial charge is 0.463 e. The first kappa shape index (κ1) is 16.2. The van der Waals surface area contributed by atoms with Crippen LogP contribution in [0, 0.1) is 0 Å². The fourth-order valence-corrected chi connectivity index (χ4v) is 1.95. The molecule has 20 heavy (non-hydrogen) atoms. The molecule has 0 saturated carbocycles. The fourth-order valence-electron chi connectivity index (χ4n) is 1.23. The van der Waals surface area contributed by atoms with Crippen LogP contribution in [0.25, 0.3) is 0 Å². The van der Waals surface area contributed by atoms with E-state index in [1.165, 1.54) is 0 Å². The summed E-state index contributed by atoms with van der Waals surface area (Å²) in [5.41, 5.74) is 2.45. The predicted octanol–water partition coefficient (Wildman–Crippen LogP) is 3.25. The highest BCUT2D eigenvalue weighted by Crippen LogP contribution is 2.16. The lowest BCUT2D eigenvalue weighted by atomic mass is 10.2. The third-order valence-corrected chi connectivity index (χ3v) is 2.94. The highest BCUT2D eigenvalue weighted by molar-refractivity contribution is 7.96. The van der Waals surface area contributed by atoms with E-state index in [4.69, 9.17) is 9.84 Å². The first-order valence-corrected chi connectivity index (χ1v) is 6.92. The van der Waals surface area contributed by atoms with Crippen LogP contribution in [-0.4, -0.2) is 27.3 Å². The minimum absolute atomic E-state index is 0.420. The zero-order chi connectivity index (χ0) is 15.2. The summed E-state index contributed by atoms with van der Waals surface area (Å²) in [6.45, 7) is 5.11. The maximum absolute atomic E-state index is 11.5. The van der Waals surface area contributed by atoms with Gasteiger partial charge in [-0.2, -0.15) is 4.41 Å². The average molecular weight is 298 g/mol. The molecule has 0 spiro atoms. The van der Waals surface area contributed by atoms with Gasteiger partial charge in [0.05, 0.1) is 0 Å². The molecule has 110 valence electrons. The molecule has 0 saturated heterocycles. The summed E-state index contributed by atoms with van der Waals surface area (Å²) < 4.78 is 5.74. The molecule has 0 atom stereocenters. The normalized spacial score (nSPS) is 10.8. The Morgan fingerprint density at radius 1 is 1.30 bits per heavy atom. The molecule has 0 aliphatic heterocycles. The van der Waals surface area contributed by atoms with Crippen molar-refractivity contribution in [2.75, 3.05) is 0 Å². The van der Waals surface area contributed by atoms with E-state index in [0.717, 1.165) is 21.9 Å². The number of amides is 2. The second-order valence-electron chi connectivity index (χ2n) is 4.95. The maximum atomic E-state index is 11.5. The number of hydrazine groups is 1. The number of nitrogens with one attached hydrogen (secondary N) is 1. The molecule has 1 rings (SSSR count). The minimum Gasteiger partial charge on any atom is -0.463 e. The van der Waals surface area contributed by atoms with Crippen molar-refractivity contribution in [1.29, 1.82) is 0 Å². The lowest BCUT2D eigenvalue weighted by Crippen LogP contribution is -2.43. The van der Waals surface area contributed by atoms with E-state index < -0.39 is 17.8 Å². The van der Waals surface area contributed by atoms with Crippen molar-refractivity contribution in [3.05, 3.63) is 35.9 Å². The Labute approximate surface area is 122 Å². The van der Waals surface area contributed by atoms with Crippen LogP contribution in [0.1, 0.15) is 26.3 Å². The number of carboxylic acid groups (broad SMARTS) is 1. The van der Waals surface area contributed by atoms with Crippen LogP contribution >= 0.6 is 11.9 Å². The molecule has 1 aromatic rings. The Hall–Kier alpha value is -1.89. The topological polar surface area (TPSA) is 78.9 Å². The third-order valence-electron chi connectivity index (χ3n) is 1.97. The molecule has 0 bridgehead atoms. The highest BCUT2D eigenvalue weighted by atomic mass is 32.2. The van der Waals surface area contributed by atoms with Crippen molar-refractivity contribution in [3.8, 4) is 0 Å². The van der Waals surface area contributed by atoms with Crippen LogP contribution in [0.15, 0.2) is 30.3 Å². The summed E-state index contributed by atoms with van der Waals surface area (Å²) in [6, 6.07) is 9.35. The molecule has 7 heteroatoms. The van der Waals surface area contributed by atoms with E-state index in [1.807, 2.05) is 30.3 Å². The van der Waals surface area contributed by atoms with E-state index in [9.17, 15) is 9.59 Å². The van der Waals surface area contributed by atoms with Crippen molar-refractivity contribution in [1.82, 2.24) is 9.84 Å². The number of nitrogens with zero attached hydrogens (tertiary/aromatic N) is 1. The number of ether oxygens (including phenoxy) is 1. The second kappa shape index (κ2) is 7.04. The molecule has 0 aromatic heterocycles. The van der Waals surface area contributed by atoms with Gasteiger partial charge in [-0.1, -0.05) is 30.3 Å². The van der Waals surface area contributed by atoms with Gasteiger partial charge < -0.3 is 9.84 Å². The molecule has 0 aliphatic carbocycles. The van der Waals surface area contributed by atoms with Crippen LogP contribution < -0.4 is 5.43 Å². The van der Waals surface area contributed by atoms with E-state index in [2.05, 4.69) is 5.43 Å². The van der Waals surface area contributed by atoms with Gasteiger partial charge in [-0.05, 0) is 38.3 Å².